The lowest BCUT2D eigenvalue weighted by atomic mass is 10.1. The lowest BCUT2D eigenvalue weighted by molar-refractivity contribution is 0.204. The summed E-state index contributed by atoms with van der Waals surface area (Å²) in [5.41, 5.74) is 0.511. The van der Waals surface area contributed by atoms with Crippen molar-refractivity contribution in [3.05, 3.63) is 72.3 Å². The van der Waals surface area contributed by atoms with Crippen LogP contribution in [0, 0.1) is 5.82 Å². The number of halogens is 1. The summed E-state index contributed by atoms with van der Waals surface area (Å²) in [6.45, 7) is -0.423. The van der Waals surface area contributed by atoms with Crippen LogP contribution in [0.1, 0.15) is 11.6 Å². The number of likely N-dealkylation sites (N-methyl/N-ethyl adjacent to an activating group) is 1. The van der Waals surface area contributed by atoms with Gasteiger partial charge in [-0.05, 0) is 29.8 Å². The van der Waals surface area contributed by atoms with Gasteiger partial charge in [-0.15, -0.1) is 0 Å². The minimum atomic E-state index is -3.88. The first-order valence-corrected chi connectivity index (χ1v) is 9.06. The van der Waals surface area contributed by atoms with E-state index in [4.69, 9.17) is 0 Å². The number of hydrogen-bond acceptors (Lipinski definition) is 4. The summed E-state index contributed by atoms with van der Waals surface area (Å²) in [5, 5.41) is 11.0. The Balaban J connectivity index is 2.07. The van der Waals surface area contributed by atoms with E-state index in [1.165, 1.54) is 43.6 Å². The van der Waals surface area contributed by atoms with Gasteiger partial charge in [0.15, 0.2) is 0 Å². The van der Waals surface area contributed by atoms with E-state index in [9.17, 15) is 17.9 Å². The molecule has 0 radical (unpaired) electrons. The Hall–Kier alpha value is -2.35. The van der Waals surface area contributed by atoms with Gasteiger partial charge in [-0.2, -0.15) is 4.31 Å². The topological polar surface area (TPSA) is 70.5 Å². The Morgan fingerprint density at radius 2 is 1.88 bits per heavy atom. The molecule has 3 aromatic rings. The van der Waals surface area contributed by atoms with Gasteiger partial charge in [0, 0.05) is 30.2 Å². The molecule has 5 nitrogen and oxygen atoms in total. The molecule has 25 heavy (non-hydrogen) atoms. The van der Waals surface area contributed by atoms with E-state index in [2.05, 4.69) is 4.98 Å². The fourth-order valence-corrected chi connectivity index (χ4v) is 4.30. The van der Waals surface area contributed by atoms with Crippen LogP contribution in [0.4, 0.5) is 4.39 Å². The van der Waals surface area contributed by atoms with Crippen molar-refractivity contribution < 1.29 is 17.9 Å². The van der Waals surface area contributed by atoms with Crippen LogP contribution in [0.3, 0.4) is 0 Å². The average molecular weight is 360 g/mol. The fraction of sp³-hybridized carbons (Fsp3) is 0.167. The zero-order valence-corrected chi connectivity index (χ0v) is 14.3. The second-order valence-electron chi connectivity index (χ2n) is 5.62. The Labute approximate surface area is 145 Å². The highest BCUT2D eigenvalue weighted by Gasteiger charge is 2.30. The molecule has 1 heterocycles. The fourth-order valence-electron chi connectivity index (χ4n) is 2.76. The molecule has 0 aliphatic rings. The van der Waals surface area contributed by atoms with Crippen LogP contribution in [0.15, 0.2) is 65.8 Å². The van der Waals surface area contributed by atoms with E-state index in [1.54, 1.807) is 24.4 Å². The van der Waals surface area contributed by atoms with Gasteiger partial charge in [0.2, 0.25) is 10.0 Å². The second kappa shape index (κ2) is 6.87. The molecule has 0 fully saturated rings. The van der Waals surface area contributed by atoms with Crippen LogP contribution < -0.4 is 0 Å². The molecule has 0 saturated carbocycles. The first kappa shape index (κ1) is 17.5. The minimum absolute atomic E-state index is 0.135. The number of aliphatic hydroxyl groups is 1. The predicted molar refractivity (Wildman–Crippen MR) is 92.9 cm³/mol. The highest BCUT2D eigenvalue weighted by atomic mass is 32.2. The summed E-state index contributed by atoms with van der Waals surface area (Å²) in [5.74, 6) is -0.424. The average Bonchev–Trinajstić information content (AvgIpc) is 2.63. The summed E-state index contributed by atoms with van der Waals surface area (Å²) in [6.07, 6.45) is 3.13. The third-order valence-electron chi connectivity index (χ3n) is 4.16. The molecule has 1 N–H and O–H groups in total. The van der Waals surface area contributed by atoms with Crippen molar-refractivity contribution in [2.75, 3.05) is 13.7 Å². The van der Waals surface area contributed by atoms with E-state index in [1.807, 2.05) is 0 Å². The van der Waals surface area contributed by atoms with Crippen molar-refractivity contribution in [3.8, 4) is 0 Å². The summed E-state index contributed by atoms with van der Waals surface area (Å²) in [6, 6.07) is 11.2. The van der Waals surface area contributed by atoms with E-state index in [0.717, 1.165) is 4.31 Å². The number of aliphatic hydroxyl groups excluding tert-OH is 1. The molecular formula is C18H17FN2O3S. The number of nitrogens with zero attached hydrogens (tertiary/aromatic N) is 2. The van der Waals surface area contributed by atoms with Gasteiger partial charge >= 0.3 is 0 Å². The number of fused-ring (bicyclic) bond motifs is 1. The molecule has 0 saturated heterocycles. The van der Waals surface area contributed by atoms with E-state index in [-0.39, 0.29) is 4.90 Å². The number of sulfonamides is 1. The van der Waals surface area contributed by atoms with Crippen LogP contribution in [0.2, 0.25) is 0 Å². The Bertz CT molecular complexity index is 985. The molecule has 0 amide bonds. The lowest BCUT2D eigenvalue weighted by Gasteiger charge is -2.26. The Morgan fingerprint density at radius 1 is 1.16 bits per heavy atom. The predicted octanol–water partition coefficient (Wildman–Crippen LogP) is 2.73. The van der Waals surface area contributed by atoms with Crippen molar-refractivity contribution in [2.24, 2.45) is 0 Å². The molecule has 0 aliphatic heterocycles. The Morgan fingerprint density at radius 3 is 2.56 bits per heavy atom. The largest absolute Gasteiger partial charge is 0.394 e. The van der Waals surface area contributed by atoms with E-state index < -0.39 is 28.5 Å². The zero-order valence-electron chi connectivity index (χ0n) is 13.5. The van der Waals surface area contributed by atoms with Crippen molar-refractivity contribution >= 4 is 20.8 Å². The van der Waals surface area contributed by atoms with Gasteiger partial charge in [-0.3, -0.25) is 4.98 Å². The number of aromatic nitrogens is 1. The molecule has 130 valence electrons. The summed E-state index contributed by atoms with van der Waals surface area (Å²) in [7, 11) is -2.48. The molecule has 0 aliphatic carbocycles. The first-order valence-electron chi connectivity index (χ1n) is 7.62. The molecule has 1 atom stereocenters. The molecule has 1 aromatic heterocycles. The van der Waals surface area contributed by atoms with Crippen molar-refractivity contribution in [1.29, 1.82) is 0 Å². The minimum Gasteiger partial charge on any atom is -0.394 e. The van der Waals surface area contributed by atoms with Crippen LogP contribution in [-0.4, -0.2) is 36.5 Å². The lowest BCUT2D eigenvalue weighted by Crippen LogP contribution is -2.33. The maximum atomic E-state index is 13.1. The van der Waals surface area contributed by atoms with Gasteiger partial charge < -0.3 is 5.11 Å². The molecule has 3 rings (SSSR count). The van der Waals surface area contributed by atoms with Crippen LogP contribution in [-0.2, 0) is 10.0 Å². The number of rotatable bonds is 5. The molecule has 0 spiro atoms. The van der Waals surface area contributed by atoms with Crippen molar-refractivity contribution in [1.82, 2.24) is 9.29 Å². The third kappa shape index (κ3) is 3.26. The standard InChI is InChI=1S/C18H17FN2O3S/c1-21(17(12-22)13-5-7-15(19)8-6-13)25(23,24)18-4-2-3-14-11-20-10-9-16(14)18/h2-11,17,22H,12H2,1H3. The molecule has 0 bridgehead atoms. The van der Waals surface area contributed by atoms with Gasteiger partial charge in [-0.1, -0.05) is 24.3 Å². The third-order valence-corrected chi connectivity index (χ3v) is 6.09. The summed E-state index contributed by atoms with van der Waals surface area (Å²) >= 11 is 0. The Kier molecular flexibility index (Phi) is 4.80. The van der Waals surface area contributed by atoms with Crippen molar-refractivity contribution in [2.45, 2.75) is 10.9 Å². The molecular weight excluding hydrogens is 343 g/mol. The molecule has 1 unspecified atom stereocenters. The number of benzene rings is 2. The van der Waals surface area contributed by atoms with Gasteiger partial charge in [0.05, 0.1) is 17.5 Å². The van der Waals surface area contributed by atoms with Crippen LogP contribution in [0.25, 0.3) is 10.8 Å². The smallest absolute Gasteiger partial charge is 0.244 e. The van der Waals surface area contributed by atoms with Gasteiger partial charge in [0.1, 0.15) is 5.82 Å². The molecule has 7 heteroatoms. The van der Waals surface area contributed by atoms with Crippen LogP contribution >= 0.6 is 0 Å². The molecule has 2 aromatic carbocycles. The highest BCUT2D eigenvalue weighted by molar-refractivity contribution is 7.89. The summed E-state index contributed by atoms with van der Waals surface area (Å²) < 4.78 is 40.4. The quantitative estimate of drug-likeness (QED) is 0.759. The van der Waals surface area contributed by atoms with E-state index in [0.29, 0.717) is 16.3 Å². The monoisotopic (exact) mass is 360 g/mol. The summed E-state index contributed by atoms with van der Waals surface area (Å²) in [4.78, 5) is 4.14. The number of pyridine rings is 1. The van der Waals surface area contributed by atoms with E-state index >= 15 is 0 Å². The normalized spacial score (nSPS) is 13.3. The zero-order chi connectivity index (χ0) is 18.0. The maximum absolute atomic E-state index is 13.1. The van der Waals surface area contributed by atoms with Crippen molar-refractivity contribution in [3.63, 3.8) is 0 Å². The maximum Gasteiger partial charge on any atom is 0.244 e. The van der Waals surface area contributed by atoms with Gasteiger partial charge in [-0.25, -0.2) is 12.8 Å². The first-order chi connectivity index (χ1) is 11.9. The SMILES string of the molecule is CN(C(CO)c1ccc(F)cc1)S(=O)(=O)c1cccc2cnccc12. The van der Waals surface area contributed by atoms with Crippen LogP contribution in [0.5, 0.6) is 0 Å². The second-order valence-corrected chi connectivity index (χ2v) is 7.59. The van der Waals surface area contributed by atoms with Gasteiger partial charge in [0.25, 0.3) is 0 Å². The number of hydrogen-bond donors (Lipinski definition) is 1. The highest BCUT2D eigenvalue weighted by Crippen LogP contribution is 2.30.